The van der Waals surface area contributed by atoms with Crippen molar-refractivity contribution < 1.29 is 13.9 Å². The van der Waals surface area contributed by atoms with Crippen molar-refractivity contribution in [1.29, 1.82) is 0 Å². The molecule has 1 unspecified atom stereocenters. The number of imidazole rings is 1. The van der Waals surface area contributed by atoms with Gasteiger partial charge >= 0.3 is 0 Å². The van der Waals surface area contributed by atoms with Crippen molar-refractivity contribution in [2.24, 2.45) is 5.92 Å². The Balaban J connectivity index is 1.57. The number of aromatic amines is 1. The van der Waals surface area contributed by atoms with Crippen molar-refractivity contribution in [2.45, 2.75) is 25.2 Å². The number of aromatic nitrogens is 5. The number of benzene rings is 1. The second-order valence-corrected chi connectivity index (χ2v) is 7.57. The minimum absolute atomic E-state index is 0.0661. The quantitative estimate of drug-likeness (QED) is 0.335. The molecule has 3 aromatic heterocycles. The number of rotatable bonds is 5. The highest BCUT2D eigenvalue weighted by Crippen LogP contribution is 2.39. The number of nitrogens with one attached hydrogen (secondary N) is 2. The highest BCUT2D eigenvalue weighted by Gasteiger charge is 2.43. The average Bonchev–Trinajstić information content (AvgIpc) is 3.11. The van der Waals surface area contributed by atoms with Gasteiger partial charge in [-0.25, -0.2) is 13.8 Å². The number of fused-ring (bicyclic) bond motifs is 2. The van der Waals surface area contributed by atoms with E-state index in [1.165, 1.54) is 6.20 Å². The molecule has 3 N–H and O–H groups in total. The molecule has 0 bridgehead atoms. The van der Waals surface area contributed by atoms with Crippen LogP contribution in [0.5, 0.6) is 0 Å². The highest BCUT2D eigenvalue weighted by molar-refractivity contribution is 6.35. The van der Waals surface area contributed by atoms with Crippen LogP contribution in [0.15, 0.2) is 24.8 Å². The van der Waals surface area contributed by atoms with E-state index < -0.39 is 24.1 Å². The largest absolute Gasteiger partial charge is 0.373 e. The van der Waals surface area contributed by atoms with Crippen LogP contribution in [0.1, 0.15) is 12.0 Å². The summed E-state index contributed by atoms with van der Waals surface area (Å²) in [5.74, 6) is 1.75. The van der Waals surface area contributed by atoms with Gasteiger partial charge in [0.15, 0.2) is 5.65 Å². The summed E-state index contributed by atoms with van der Waals surface area (Å²) in [6.45, 7) is 0. The molecular weight excluding hydrogens is 414 g/mol. The summed E-state index contributed by atoms with van der Waals surface area (Å²) in [6.07, 6.45) is 10.0. The lowest BCUT2D eigenvalue weighted by Crippen LogP contribution is -2.22. The minimum Gasteiger partial charge on any atom is -0.373 e. The maximum absolute atomic E-state index is 14.9. The molecule has 5 rings (SSSR count). The molecule has 0 saturated heterocycles. The number of anilines is 1. The average molecular weight is 429 g/mol. The van der Waals surface area contributed by atoms with Crippen molar-refractivity contribution in [2.75, 3.05) is 5.32 Å². The molecule has 0 radical (unpaired) electrons. The predicted molar refractivity (Wildman–Crippen MR) is 108 cm³/mol. The fourth-order valence-corrected chi connectivity index (χ4v) is 3.87. The summed E-state index contributed by atoms with van der Waals surface area (Å²) in [5, 5.41) is 20.1. The summed E-state index contributed by atoms with van der Waals surface area (Å²) in [6, 6.07) is 0. The first kappa shape index (κ1) is 18.8. The van der Waals surface area contributed by atoms with Crippen LogP contribution in [0.3, 0.4) is 0 Å². The number of nitrogens with zero attached hydrogens (tertiary/aromatic N) is 4. The van der Waals surface area contributed by atoms with E-state index in [-0.39, 0.29) is 17.0 Å². The molecule has 4 aromatic rings. The summed E-state index contributed by atoms with van der Waals surface area (Å²) in [7, 11) is 0. The van der Waals surface area contributed by atoms with Gasteiger partial charge in [-0.1, -0.05) is 11.6 Å². The zero-order valence-electron chi connectivity index (χ0n) is 15.4. The molecule has 0 amide bonds. The molecule has 1 fully saturated rings. The van der Waals surface area contributed by atoms with Crippen molar-refractivity contribution >= 4 is 34.0 Å². The Bertz CT molecular complexity index is 1330. The maximum atomic E-state index is 14.9. The Labute approximate surface area is 174 Å². The van der Waals surface area contributed by atoms with Gasteiger partial charge < -0.3 is 14.8 Å². The molecule has 3 heterocycles. The highest BCUT2D eigenvalue weighted by atomic mass is 35.5. The first-order valence-electron chi connectivity index (χ1n) is 9.18. The first-order valence-corrected chi connectivity index (χ1v) is 9.56. The lowest BCUT2D eigenvalue weighted by molar-refractivity contribution is 0.167. The molecule has 3 atom stereocenters. The van der Waals surface area contributed by atoms with Gasteiger partial charge in [-0.15, -0.1) is 12.3 Å². The van der Waals surface area contributed by atoms with Crippen LogP contribution >= 0.6 is 11.6 Å². The summed E-state index contributed by atoms with van der Waals surface area (Å²) >= 11 is 6.35. The van der Waals surface area contributed by atoms with E-state index in [0.29, 0.717) is 40.0 Å². The molecule has 1 aliphatic rings. The van der Waals surface area contributed by atoms with Gasteiger partial charge in [0.1, 0.15) is 24.0 Å². The summed E-state index contributed by atoms with van der Waals surface area (Å²) in [5.41, 5.74) is 2.01. The summed E-state index contributed by atoms with van der Waals surface area (Å²) < 4.78 is 29.7. The zero-order valence-corrected chi connectivity index (χ0v) is 16.2. The van der Waals surface area contributed by atoms with E-state index in [0.717, 1.165) is 0 Å². The molecule has 0 aliphatic heterocycles. The standard InChI is InChI=1S/C20H15ClF2N6O/c1-2-3-9-18(23)17(21)16(11-5-25-28-19(9)11)13-7-29-8-14(26-15(29)6-24-13)27-20(30)10-4-12(10)22/h1,5-8,10,12,20,27,30H,3-4H2,(H,25,28)/t10-,12+,20?/m1/s1. The van der Waals surface area contributed by atoms with Crippen LogP contribution in [0, 0.1) is 24.1 Å². The van der Waals surface area contributed by atoms with E-state index >= 15 is 0 Å². The maximum Gasteiger partial charge on any atom is 0.157 e. The molecular formula is C20H15ClF2N6O. The Morgan fingerprint density at radius 1 is 1.43 bits per heavy atom. The molecule has 10 heteroatoms. The van der Waals surface area contributed by atoms with Crippen LogP contribution in [0.2, 0.25) is 5.02 Å². The molecule has 1 aliphatic carbocycles. The minimum atomic E-state index is -1.02. The van der Waals surface area contributed by atoms with Crippen molar-refractivity contribution in [3.63, 3.8) is 0 Å². The van der Waals surface area contributed by atoms with Crippen LogP contribution in [-0.2, 0) is 6.42 Å². The number of alkyl halides is 1. The molecule has 0 spiro atoms. The number of hydrogen-bond acceptors (Lipinski definition) is 5. The van der Waals surface area contributed by atoms with Gasteiger partial charge in [-0.05, 0) is 6.42 Å². The van der Waals surface area contributed by atoms with Crippen LogP contribution in [-0.4, -0.2) is 42.1 Å². The number of halogens is 3. The van der Waals surface area contributed by atoms with E-state index in [1.54, 1.807) is 23.0 Å². The Morgan fingerprint density at radius 3 is 2.97 bits per heavy atom. The Hall–Kier alpha value is -3.22. The molecule has 30 heavy (non-hydrogen) atoms. The van der Waals surface area contributed by atoms with Gasteiger partial charge in [0, 0.05) is 35.0 Å². The first-order chi connectivity index (χ1) is 14.5. The van der Waals surface area contributed by atoms with Gasteiger partial charge in [0.2, 0.25) is 0 Å². The topological polar surface area (TPSA) is 91.1 Å². The zero-order chi connectivity index (χ0) is 21.0. The Morgan fingerprint density at radius 2 is 2.23 bits per heavy atom. The SMILES string of the molecule is C#CCc1c(F)c(Cl)c(-c2cn3cc(NC(O)[C@@H]4C[C@@H]4F)nc3cn2)c2cn[nH]c12. The Kier molecular flexibility index (Phi) is 4.34. The fraction of sp³-hybridized carbons (Fsp3) is 0.250. The normalized spacial score (nSPS) is 19.2. The smallest absolute Gasteiger partial charge is 0.157 e. The van der Waals surface area contributed by atoms with Gasteiger partial charge in [-0.3, -0.25) is 10.1 Å². The molecule has 7 nitrogen and oxygen atoms in total. The second-order valence-electron chi connectivity index (χ2n) is 7.19. The van der Waals surface area contributed by atoms with E-state index in [1.807, 2.05) is 0 Å². The van der Waals surface area contributed by atoms with Crippen molar-refractivity contribution in [3.05, 3.63) is 41.2 Å². The predicted octanol–water partition coefficient (Wildman–Crippen LogP) is 3.33. The fourth-order valence-electron chi connectivity index (χ4n) is 3.56. The van der Waals surface area contributed by atoms with Crippen molar-refractivity contribution in [3.8, 4) is 23.6 Å². The van der Waals surface area contributed by atoms with E-state index in [9.17, 15) is 13.9 Å². The number of H-pyrrole nitrogens is 1. The van der Waals surface area contributed by atoms with E-state index in [4.69, 9.17) is 18.0 Å². The molecule has 152 valence electrons. The second kappa shape index (κ2) is 6.93. The third-order valence-electron chi connectivity index (χ3n) is 5.22. The van der Waals surface area contributed by atoms with Gasteiger partial charge in [-0.2, -0.15) is 5.10 Å². The number of aliphatic hydroxyl groups excluding tert-OH is 1. The van der Waals surface area contributed by atoms with Gasteiger partial charge in [0.25, 0.3) is 0 Å². The lowest BCUT2D eigenvalue weighted by atomic mass is 10.0. The van der Waals surface area contributed by atoms with E-state index in [2.05, 4.69) is 31.4 Å². The third kappa shape index (κ3) is 2.96. The van der Waals surface area contributed by atoms with Crippen LogP contribution in [0.4, 0.5) is 14.6 Å². The molecule has 1 aromatic carbocycles. The monoisotopic (exact) mass is 428 g/mol. The van der Waals surface area contributed by atoms with Crippen LogP contribution < -0.4 is 5.32 Å². The number of hydrogen-bond donors (Lipinski definition) is 3. The lowest BCUT2D eigenvalue weighted by Gasteiger charge is -2.10. The molecule has 1 saturated carbocycles. The van der Waals surface area contributed by atoms with Crippen molar-refractivity contribution in [1.82, 2.24) is 24.6 Å². The number of terminal acetylenes is 1. The summed E-state index contributed by atoms with van der Waals surface area (Å²) in [4.78, 5) is 8.68. The number of aliphatic hydroxyl groups is 1. The third-order valence-corrected chi connectivity index (χ3v) is 5.58. The van der Waals surface area contributed by atoms with Crippen LogP contribution in [0.25, 0.3) is 27.8 Å². The van der Waals surface area contributed by atoms with Gasteiger partial charge in [0.05, 0.1) is 34.8 Å².